The lowest BCUT2D eigenvalue weighted by Gasteiger charge is -1.99. The predicted molar refractivity (Wildman–Crippen MR) is 42.7 cm³/mol. The van der Waals surface area contributed by atoms with E-state index in [0.717, 1.165) is 11.3 Å². The Morgan fingerprint density at radius 1 is 1.73 bits per heavy atom. The quantitative estimate of drug-likeness (QED) is 0.642. The van der Waals surface area contributed by atoms with Gasteiger partial charge in [0.15, 0.2) is 0 Å². The van der Waals surface area contributed by atoms with Crippen LogP contribution in [0.25, 0.3) is 0 Å². The van der Waals surface area contributed by atoms with E-state index >= 15 is 0 Å². The van der Waals surface area contributed by atoms with Crippen molar-refractivity contribution in [2.45, 2.75) is 19.8 Å². The molecule has 0 saturated heterocycles. The first-order valence-electron chi connectivity index (χ1n) is 3.35. The average molecular weight is 173 g/mol. The molecule has 2 nitrogen and oxygen atoms in total. The van der Waals surface area contributed by atoms with Crippen molar-refractivity contribution in [3.63, 3.8) is 0 Å². The fourth-order valence-electron chi connectivity index (χ4n) is 0.822. The maximum Gasteiger partial charge on any atom is 0.228 e. The molecule has 1 heterocycles. The van der Waals surface area contributed by atoms with Gasteiger partial charge in [0, 0.05) is 5.56 Å². The van der Waals surface area contributed by atoms with Crippen molar-refractivity contribution in [3.05, 3.63) is 23.7 Å². The molecule has 1 aromatic rings. The molecule has 3 heteroatoms. The Hall–Kier alpha value is -0.760. The molecule has 0 spiro atoms. The second-order valence-corrected chi connectivity index (χ2v) is 2.89. The standard InChI is InChI=1S/C8H9ClO2/c1-5-3-7(4-11-5)6(2)8(9)10/h3-4,6H,1-2H3. The number of furan rings is 1. The predicted octanol–water partition coefficient (Wildman–Crippen LogP) is 2.46. The first-order valence-corrected chi connectivity index (χ1v) is 3.73. The monoisotopic (exact) mass is 172 g/mol. The van der Waals surface area contributed by atoms with Crippen LogP contribution in [0.3, 0.4) is 0 Å². The highest BCUT2D eigenvalue weighted by Gasteiger charge is 2.13. The molecule has 0 fully saturated rings. The molecule has 60 valence electrons. The van der Waals surface area contributed by atoms with Gasteiger partial charge in [0.25, 0.3) is 0 Å². The number of aryl methyl sites for hydroxylation is 1. The van der Waals surface area contributed by atoms with Crippen LogP contribution in [0.2, 0.25) is 0 Å². The molecule has 0 saturated carbocycles. The number of carbonyl (C=O) groups is 1. The summed E-state index contributed by atoms with van der Waals surface area (Å²) in [6.07, 6.45) is 1.56. The molecule has 0 aliphatic carbocycles. The van der Waals surface area contributed by atoms with Gasteiger partial charge < -0.3 is 4.42 Å². The number of hydrogen-bond acceptors (Lipinski definition) is 2. The molecule has 0 aliphatic rings. The van der Waals surface area contributed by atoms with Gasteiger partial charge in [-0.15, -0.1) is 0 Å². The van der Waals surface area contributed by atoms with Gasteiger partial charge in [-0.1, -0.05) is 0 Å². The van der Waals surface area contributed by atoms with E-state index in [1.807, 2.05) is 13.0 Å². The average Bonchev–Trinajstić information content (AvgIpc) is 2.34. The molecular formula is C8H9ClO2. The summed E-state index contributed by atoms with van der Waals surface area (Å²) in [6, 6.07) is 1.81. The zero-order valence-corrected chi connectivity index (χ0v) is 7.18. The lowest BCUT2D eigenvalue weighted by Crippen LogP contribution is -1.99. The van der Waals surface area contributed by atoms with Crippen molar-refractivity contribution in [3.8, 4) is 0 Å². The molecule has 0 radical (unpaired) electrons. The van der Waals surface area contributed by atoms with E-state index in [0.29, 0.717) is 0 Å². The van der Waals surface area contributed by atoms with E-state index in [1.165, 1.54) is 0 Å². The van der Waals surface area contributed by atoms with E-state index in [-0.39, 0.29) is 11.2 Å². The van der Waals surface area contributed by atoms with Gasteiger partial charge in [0.2, 0.25) is 5.24 Å². The molecule has 0 aromatic carbocycles. The summed E-state index contributed by atoms with van der Waals surface area (Å²) in [4.78, 5) is 10.7. The van der Waals surface area contributed by atoms with E-state index in [1.54, 1.807) is 13.2 Å². The molecule has 0 amide bonds. The molecule has 1 atom stereocenters. The largest absolute Gasteiger partial charge is 0.469 e. The minimum Gasteiger partial charge on any atom is -0.469 e. The summed E-state index contributed by atoms with van der Waals surface area (Å²) in [5.41, 5.74) is 0.836. The maximum absolute atomic E-state index is 10.7. The van der Waals surface area contributed by atoms with Gasteiger partial charge >= 0.3 is 0 Å². The molecule has 0 N–H and O–H groups in total. The molecule has 1 unspecified atom stereocenters. The topological polar surface area (TPSA) is 30.2 Å². The minimum absolute atomic E-state index is 0.269. The highest BCUT2D eigenvalue weighted by atomic mass is 35.5. The van der Waals surface area contributed by atoms with Gasteiger partial charge in [-0.05, 0) is 31.5 Å². The van der Waals surface area contributed by atoms with Crippen molar-refractivity contribution in [1.29, 1.82) is 0 Å². The Morgan fingerprint density at radius 3 is 2.73 bits per heavy atom. The third kappa shape index (κ3) is 1.84. The highest BCUT2D eigenvalue weighted by molar-refractivity contribution is 6.64. The van der Waals surface area contributed by atoms with Crippen molar-refractivity contribution in [2.24, 2.45) is 0 Å². The van der Waals surface area contributed by atoms with Crippen LogP contribution in [0.4, 0.5) is 0 Å². The number of rotatable bonds is 2. The van der Waals surface area contributed by atoms with Crippen molar-refractivity contribution in [1.82, 2.24) is 0 Å². The van der Waals surface area contributed by atoms with Crippen molar-refractivity contribution < 1.29 is 9.21 Å². The lowest BCUT2D eigenvalue weighted by molar-refractivity contribution is -0.112. The summed E-state index contributed by atoms with van der Waals surface area (Å²) in [7, 11) is 0. The normalized spacial score (nSPS) is 13.0. The second kappa shape index (κ2) is 3.09. The van der Waals surface area contributed by atoms with Crippen LogP contribution in [0, 0.1) is 6.92 Å². The summed E-state index contributed by atoms with van der Waals surface area (Å²) in [6.45, 7) is 3.58. The van der Waals surface area contributed by atoms with Gasteiger partial charge in [-0.2, -0.15) is 0 Å². The fraction of sp³-hybridized carbons (Fsp3) is 0.375. The van der Waals surface area contributed by atoms with E-state index in [4.69, 9.17) is 16.0 Å². The van der Waals surface area contributed by atoms with Crippen LogP contribution in [0.1, 0.15) is 24.2 Å². The van der Waals surface area contributed by atoms with Crippen LogP contribution in [-0.2, 0) is 4.79 Å². The molecule has 1 rings (SSSR count). The molecule has 11 heavy (non-hydrogen) atoms. The Bertz CT molecular complexity index is 265. The van der Waals surface area contributed by atoms with Crippen LogP contribution in [0.15, 0.2) is 16.7 Å². The van der Waals surface area contributed by atoms with Crippen molar-refractivity contribution >= 4 is 16.8 Å². The molecule has 0 bridgehead atoms. The summed E-state index contributed by atoms with van der Waals surface area (Å²) in [5.74, 6) is 0.527. The van der Waals surface area contributed by atoms with Gasteiger partial charge in [-0.3, -0.25) is 4.79 Å². The summed E-state index contributed by atoms with van der Waals surface area (Å²) >= 11 is 5.29. The Labute approximate surface area is 70.2 Å². The van der Waals surface area contributed by atoms with Crippen LogP contribution in [-0.4, -0.2) is 5.24 Å². The first kappa shape index (κ1) is 8.34. The van der Waals surface area contributed by atoms with Gasteiger partial charge in [-0.25, -0.2) is 0 Å². The van der Waals surface area contributed by atoms with E-state index in [2.05, 4.69) is 0 Å². The molecule has 1 aromatic heterocycles. The molecule has 0 aliphatic heterocycles. The highest BCUT2D eigenvalue weighted by Crippen LogP contribution is 2.19. The number of hydrogen-bond donors (Lipinski definition) is 0. The maximum atomic E-state index is 10.7. The Balaban J connectivity index is 2.84. The second-order valence-electron chi connectivity index (χ2n) is 2.52. The van der Waals surface area contributed by atoms with Crippen LogP contribution in [0.5, 0.6) is 0 Å². The van der Waals surface area contributed by atoms with E-state index < -0.39 is 0 Å². The number of halogens is 1. The smallest absolute Gasteiger partial charge is 0.228 e. The summed E-state index contributed by atoms with van der Waals surface area (Å²) < 4.78 is 5.02. The molecular weight excluding hydrogens is 164 g/mol. The lowest BCUT2D eigenvalue weighted by atomic mass is 10.1. The zero-order chi connectivity index (χ0) is 8.43. The third-order valence-electron chi connectivity index (χ3n) is 1.59. The Kier molecular flexibility index (Phi) is 2.35. The summed E-state index contributed by atoms with van der Waals surface area (Å²) in [5, 5.41) is -0.356. The van der Waals surface area contributed by atoms with Crippen LogP contribution >= 0.6 is 11.6 Å². The first-order chi connectivity index (χ1) is 5.11. The van der Waals surface area contributed by atoms with Gasteiger partial charge in [0.05, 0.1) is 12.2 Å². The SMILES string of the molecule is Cc1cc(C(C)C(=O)Cl)co1. The van der Waals surface area contributed by atoms with Crippen molar-refractivity contribution in [2.75, 3.05) is 0 Å². The Morgan fingerprint density at radius 2 is 2.36 bits per heavy atom. The minimum atomic E-state index is -0.356. The van der Waals surface area contributed by atoms with E-state index in [9.17, 15) is 4.79 Å². The number of carbonyl (C=O) groups excluding carboxylic acids is 1. The van der Waals surface area contributed by atoms with Crippen LogP contribution < -0.4 is 0 Å². The van der Waals surface area contributed by atoms with Gasteiger partial charge in [0.1, 0.15) is 5.76 Å². The zero-order valence-electron chi connectivity index (χ0n) is 6.43. The third-order valence-corrected chi connectivity index (χ3v) is 1.92. The fourth-order valence-corrected chi connectivity index (χ4v) is 0.948.